The van der Waals surface area contributed by atoms with E-state index < -0.39 is 0 Å². The Morgan fingerprint density at radius 2 is 2.18 bits per heavy atom. The zero-order valence-electron chi connectivity index (χ0n) is 9.78. The summed E-state index contributed by atoms with van der Waals surface area (Å²) in [4.78, 5) is 11.9. The average Bonchev–Trinajstić information content (AvgIpc) is 2.85. The maximum absolute atomic E-state index is 11.9. The summed E-state index contributed by atoms with van der Waals surface area (Å²) in [5.74, 6) is -0.359. The third kappa shape index (κ3) is 2.87. The SMILES string of the molecule is COC(=O)[C@@H](c1ccc(Br)cc1)[C@H]1CCCN1. The van der Waals surface area contributed by atoms with Gasteiger partial charge in [0.25, 0.3) is 0 Å². The van der Waals surface area contributed by atoms with Crippen molar-refractivity contribution in [3.63, 3.8) is 0 Å². The van der Waals surface area contributed by atoms with Crippen molar-refractivity contribution in [1.29, 1.82) is 0 Å². The first-order valence-corrected chi connectivity index (χ1v) is 6.58. The lowest BCUT2D eigenvalue weighted by Gasteiger charge is -2.21. The Bertz CT molecular complexity index is 385. The monoisotopic (exact) mass is 297 g/mol. The van der Waals surface area contributed by atoms with Crippen molar-refractivity contribution in [3.05, 3.63) is 34.3 Å². The van der Waals surface area contributed by atoms with Crippen LogP contribution >= 0.6 is 15.9 Å². The van der Waals surface area contributed by atoms with Gasteiger partial charge in [0.15, 0.2) is 0 Å². The molecule has 3 nitrogen and oxygen atoms in total. The van der Waals surface area contributed by atoms with E-state index in [1.165, 1.54) is 7.11 Å². The van der Waals surface area contributed by atoms with Gasteiger partial charge in [0.2, 0.25) is 0 Å². The standard InChI is InChI=1S/C13H16BrNO2/c1-17-13(16)12(11-3-2-8-15-11)9-4-6-10(14)7-5-9/h4-7,11-12,15H,2-3,8H2,1H3/t11-,12+/m1/s1. The van der Waals surface area contributed by atoms with Gasteiger partial charge in [-0.25, -0.2) is 0 Å². The number of esters is 1. The second-order valence-electron chi connectivity index (χ2n) is 4.26. The lowest BCUT2D eigenvalue weighted by atomic mass is 9.90. The quantitative estimate of drug-likeness (QED) is 0.871. The van der Waals surface area contributed by atoms with E-state index in [-0.39, 0.29) is 17.9 Å². The Labute approximate surface area is 110 Å². The molecule has 0 amide bonds. The first-order chi connectivity index (χ1) is 8.22. The Balaban J connectivity index is 2.25. The van der Waals surface area contributed by atoms with Crippen molar-refractivity contribution in [2.24, 2.45) is 0 Å². The van der Waals surface area contributed by atoms with E-state index in [1.54, 1.807) is 0 Å². The molecule has 1 aromatic carbocycles. The predicted molar refractivity (Wildman–Crippen MR) is 69.9 cm³/mol. The van der Waals surface area contributed by atoms with Crippen molar-refractivity contribution in [2.75, 3.05) is 13.7 Å². The maximum Gasteiger partial charge on any atom is 0.314 e. The van der Waals surface area contributed by atoms with Crippen molar-refractivity contribution in [1.82, 2.24) is 5.32 Å². The molecule has 4 heteroatoms. The predicted octanol–water partition coefficient (Wildman–Crippen LogP) is 2.46. The number of hydrogen-bond donors (Lipinski definition) is 1. The molecule has 0 spiro atoms. The van der Waals surface area contributed by atoms with Gasteiger partial charge < -0.3 is 10.1 Å². The summed E-state index contributed by atoms with van der Waals surface area (Å²) in [6.45, 7) is 0.981. The van der Waals surface area contributed by atoms with Gasteiger partial charge in [0.05, 0.1) is 13.0 Å². The van der Waals surface area contributed by atoms with Crippen LogP contribution in [-0.2, 0) is 9.53 Å². The largest absolute Gasteiger partial charge is 0.469 e. The molecule has 0 aromatic heterocycles. The third-order valence-electron chi connectivity index (χ3n) is 3.19. The number of benzene rings is 1. The molecule has 1 aromatic rings. The van der Waals surface area contributed by atoms with Gasteiger partial charge in [-0.2, -0.15) is 0 Å². The fraction of sp³-hybridized carbons (Fsp3) is 0.462. The number of halogens is 1. The van der Waals surface area contributed by atoms with E-state index in [4.69, 9.17) is 4.74 Å². The molecule has 1 fully saturated rings. The van der Waals surface area contributed by atoms with E-state index >= 15 is 0 Å². The molecular formula is C13H16BrNO2. The van der Waals surface area contributed by atoms with Crippen molar-refractivity contribution in [2.45, 2.75) is 24.8 Å². The van der Waals surface area contributed by atoms with E-state index in [1.807, 2.05) is 24.3 Å². The van der Waals surface area contributed by atoms with Crippen molar-refractivity contribution < 1.29 is 9.53 Å². The normalized spacial score (nSPS) is 21.2. The van der Waals surface area contributed by atoms with Crippen LogP contribution in [0.25, 0.3) is 0 Å². The van der Waals surface area contributed by atoms with Crippen LogP contribution in [-0.4, -0.2) is 25.7 Å². The highest BCUT2D eigenvalue weighted by molar-refractivity contribution is 9.10. The Hall–Kier alpha value is -0.870. The molecule has 0 bridgehead atoms. The molecule has 92 valence electrons. The fourth-order valence-corrected chi connectivity index (χ4v) is 2.59. The van der Waals surface area contributed by atoms with Gasteiger partial charge in [0, 0.05) is 10.5 Å². The van der Waals surface area contributed by atoms with E-state index in [0.29, 0.717) is 0 Å². The highest BCUT2D eigenvalue weighted by Gasteiger charge is 2.32. The highest BCUT2D eigenvalue weighted by atomic mass is 79.9. The molecule has 1 heterocycles. The summed E-state index contributed by atoms with van der Waals surface area (Å²) < 4.78 is 5.94. The van der Waals surface area contributed by atoms with Gasteiger partial charge in [-0.15, -0.1) is 0 Å². The summed E-state index contributed by atoms with van der Waals surface area (Å²) in [7, 11) is 1.45. The topological polar surface area (TPSA) is 38.3 Å². The molecule has 0 saturated carbocycles. The molecule has 0 unspecified atom stereocenters. The zero-order valence-corrected chi connectivity index (χ0v) is 11.4. The summed E-state index contributed by atoms with van der Waals surface area (Å²) in [5.41, 5.74) is 1.01. The number of carbonyl (C=O) groups is 1. The van der Waals surface area contributed by atoms with Crippen LogP contribution in [0.4, 0.5) is 0 Å². The number of hydrogen-bond acceptors (Lipinski definition) is 3. The first-order valence-electron chi connectivity index (χ1n) is 5.79. The highest BCUT2D eigenvalue weighted by Crippen LogP contribution is 2.27. The summed E-state index contributed by atoms with van der Waals surface area (Å²) >= 11 is 3.40. The summed E-state index contributed by atoms with van der Waals surface area (Å²) in [6, 6.07) is 8.07. The molecular weight excluding hydrogens is 282 g/mol. The maximum atomic E-state index is 11.9. The average molecular weight is 298 g/mol. The molecule has 0 radical (unpaired) electrons. The van der Waals surface area contributed by atoms with Crippen LogP contribution in [0.1, 0.15) is 24.3 Å². The van der Waals surface area contributed by atoms with Crippen molar-refractivity contribution >= 4 is 21.9 Å². The molecule has 0 aliphatic carbocycles. The van der Waals surface area contributed by atoms with Crippen LogP contribution in [0, 0.1) is 0 Å². The van der Waals surface area contributed by atoms with Gasteiger partial charge in [-0.1, -0.05) is 28.1 Å². The minimum Gasteiger partial charge on any atom is -0.469 e. The van der Waals surface area contributed by atoms with E-state index in [9.17, 15) is 4.79 Å². The fourth-order valence-electron chi connectivity index (χ4n) is 2.33. The molecule has 2 atom stereocenters. The third-order valence-corrected chi connectivity index (χ3v) is 3.71. The van der Waals surface area contributed by atoms with Crippen molar-refractivity contribution in [3.8, 4) is 0 Å². The Morgan fingerprint density at radius 1 is 1.47 bits per heavy atom. The van der Waals surface area contributed by atoms with Crippen LogP contribution < -0.4 is 5.32 Å². The number of ether oxygens (including phenoxy) is 1. The number of carbonyl (C=O) groups excluding carboxylic acids is 1. The van der Waals surface area contributed by atoms with Gasteiger partial charge in [0.1, 0.15) is 0 Å². The van der Waals surface area contributed by atoms with Gasteiger partial charge >= 0.3 is 5.97 Å². The zero-order chi connectivity index (χ0) is 12.3. The van der Waals surface area contributed by atoms with E-state index in [0.717, 1.165) is 29.4 Å². The summed E-state index contributed by atoms with van der Waals surface area (Å²) in [5, 5.41) is 3.37. The second kappa shape index (κ2) is 5.65. The smallest absolute Gasteiger partial charge is 0.314 e. The molecule has 1 N–H and O–H groups in total. The van der Waals surface area contributed by atoms with Crippen LogP contribution in [0.3, 0.4) is 0 Å². The molecule has 1 saturated heterocycles. The lowest BCUT2D eigenvalue weighted by molar-refractivity contribution is -0.143. The molecule has 2 rings (SSSR count). The number of nitrogens with one attached hydrogen (secondary N) is 1. The van der Waals surface area contributed by atoms with Crippen LogP contribution in [0.15, 0.2) is 28.7 Å². The Morgan fingerprint density at radius 3 is 2.71 bits per heavy atom. The first kappa shape index (κ1) is 12.6. The summed E-state index contributed by atoms with van der Waals surface area (Å²) in [6.07, 6.45) is 2.14. The number of methoxy groups -OCH3 is 1. The minimum atomic E-state index is -0.199. The molecule has 17 heavy (non-hydrogen) atoms. The lowest BCUT2D eigenvalue weighted by Crippen LogP contribution is -2.34. The van der Waals surface area contributed by atoms with Gasteiger partial charge in [-0.3, -0.25) is 4.79 Å². The minimum absolute atomic E-state index is 0.160. The van der Waals surface area contributed by atoms with Crippen LogP contribution in [0.2, 0.25) is 0 Å². The molecule has 1 aliphatic rings. The van der Waals surface area contributed by atoms with Crippen LogP contribution in [0.5, 0.6) is 0 Å². The van der Waals surface area contributed by atoms with Gasteiger partial charge in [-0.05, 0) is 37.1 Å². The van der Waals surface area contributed by atoms with E-state index in [2.05, 4.69) is 21.2 Å². The second-order valence-corrected chi connectivity index (χ2v) is 5.17. The molecule has 1 aliphatic heterocycles. The number of rotatable bonds is 3. The Kier molecular flexibility index (Phi) is 4.18.